The standard InChI is InChI=1S/C17H33NO2/c1-6-18-15(11-13-9-7-8-10-19-13)14-12-16(2,3)20-17(14,4)5/h13-15,18H,6-12H2,1-5H3. The Morgan fingerprint density at radius 2 is 1.95 bits per heavy atom. The largest absolute Gasteiger partial charge is 0.378 e. The fourth-order valence-electron chi connectivity index (χ4n) is 4.16. The van der Waals surface area contributed by atoms with E-state index in [1.807, 2.05) is 0 Å². The van der Waals surface area contributed by atoms with Gasteiger partial charge >= 0.3 is 0 Å². The second kappa shape index (κ2) is 6.33. The van der Waals surface area contributed by atoms with Gasteiger partial charge in [-0.25, -0.2) is 0 Å². The van der Waals surface area contributed by atoms with Crippen molar-refractivity contribution >= 4 is 0 Å². The average molecular weight is 283 g/mol. The highest BCUT2D eigenvalue weighted by atomic mass is 16.5. The van der Waals surface area contributed by atoms with Crippen LogP contribution in [0.15, 0.2) is 0 Å². The number of hydrogen-bond donors (Lipinski definition) is 1. The zero-order valence-corrected chi connectivity index (χ0v) is 14.0. The topological polar surface area (TPSA) is 30.5 Å². The van der Waals surface area contributed by atoms with Crippen LogP contribution in [0.25, 0.3) is 0 Å². The molecule has 3 atom stereocenters. The molecule has 0 spiro atoms. The van der Waals surface area contributed by atoms with Crippen LogP contribution in [-0.4, -0.2) is 36.5 Å². The van der Waals surface area contributed by atoms with Crippen LogP contribution >= 0.6 is 0 Å². The molecule has 3 heteroatoms. The van der Waals surface area contributed by atoms with Crippen LogP contribution in [0, 0.1) is 5.92 Å². The van der Waals surface area contributed by atoms with Crippen molar-refractivity contribution in [2.24, 2.45) is 5.92 Å². The molecule has 20 heavy (non-hydrogen) atoms. The predicted molar refractivity (Wildman–Crippen MR) is 83.0 cm³/mol. The summed E-state index contributed by atoms with van der Waals surface area (Å²) in [6.07, 6.45) is 6.46. The lowest BCUT2D eigenvalue weighted by Crippen LogP contribution is -2.46. The van der Waals surface area contributed by atoms with Gasteiger partial charge in [0.25, 0.3) is 0 Å². The fraction of sp³-hybridized carbons (Fsp3) is 1.00. The second-order valence-electron chi connectivity index (χ2n) is 7.66. The first-order valence-corrected chi connectivity index (χ1v) is 8.39. The average Bonchev–Trinajstić information content (AvgIpc) is 2.58. The highest BCUT2D eigenvalue weighted by Gasteiger charge is 2.49. The van der Waals surface area contributed by atoms with E-state index in [-0.39, 0.29) is 11.2 Å². The van der Waals surface area contributed by atoms with Crippen molar-refractivity contribution < 1.29 is 9.47 Å². The van der Waals surface area contributed by atoms with Crippen molar-refractivity contribution in [3.63, 3.8) is 0 Å². The number of rotatable bonds is 5. The van der Waals surface area contributed by atoms with Gasteiger partial charge in [-0.2, -0.15) is 0 Å². The van der Waals surface area contributed by atoms with E-state index in [2.05, 4.69) is 39.9 Å². The summed E-state index contributed by atoms with van der Waals surface area (Å²) in [4.78, 5) is 0. The van der Waals surface area contributed by atoms with Gasteiger partial charge in [-0.3, -0.25) is 0 Å². The minimum Gasteiger partial charge on any atom is -0.378 e. The summed E-state index contributed by atoms with van der Waals surface area (Å²) < 4.78 is 12.2. The number of nitrogens with one attached hydrogen (secondary N) is 1. The summed E-state index contributed by atoms with van der Waals surface area (Å²) in [5.74, 6) is 0.558. The lowest BCUT2D eigenvalue weighted by Gasteiger charge is -2.36. The summed E-state index contributed by atoms with van der Waals surface area (Å²) in [6.45, 7) is 13.1. The van der Waals surface area contributed by atoms with Crippen molar-refractivity contribution in [1.82, 2.24) is 5.32 Å². The summed E-state index contributed by atoms with van der Waals surface area (Å²) in [5, 5.41) is 3.71. The molecule has 2 saturated heterocycles. The van der Waals surface area contributed by atoms with Crippen LogP contribution in [0.3, 0.4) is 0 Å². The van der Waals surface area contributed by atoms with Gasteiger partial charge < -0.3 is 14.8 Å². The van der Waals surface area contributed by atoms with E-state index in [1.54, 1.807) is 0 Å². The van der Waals surface area contributed by atoms with Crippen LogP contribution in [0.1, 0.15) is 66.7 Å². The summed E-state index contributed by atoms with van der Waals surface area (Å²) in [7, 11) is 0. The Kier molecular flexibility index (Phi) is 5.14. The molecule has 0 aromatic heterocycles. The highest BCUT2D eigenvalue weighted by Crippen LogP contribution is 2.44. The predicted octanol–water partition coefficient (Wildman–Crippen LogP) is 3.52. The first-order valence-electron chi connectivity index (χ1n) is 8.39. The van der Waals surface area contributed by atoms with E-state index in [0.717, 1.165) is 26.0 Å². The van der Waals surface area contributed by atoms with Gasteiger partial charge in [-0.1, -0.05) is 6.92 Å². The Morgan fingerprint density at radius 1 is 1.20 bits per heavy atom. The van der Waals surface area contributed by atoms with Crippen LogP contribution in [0.5, 0.6) is 0 Å². The fourth-order valence-corrected chi connectivity index (χ4v) is 4.16. The molecule has 2 fully saturated rings. The van der Waals surface area contributed by atoms with Crippen molar-refractivity contribution in [2.45, 2.75) is 90.1 Å². The van der Waals surface area contributed by atoms with Crippen molar-refractivity contribution in [2.75, 3.05) is 13.2 Å². The highest BCUT2D eigenvalue weighted by molar-refractivity contribution is 5.00. The van der Waals surface area contributed by atoms with Gasteiger partial charge in [0.2, 0.25) is 0 Å². The normalized spacial score (nSPS) is 34.0. The summed E-state index contributed by atoms with van der Waals surface area (Å²) in [6, 6.07) is 0.500. The monoisotopic (exact) mass is 283 g/mol. The van der Waals surface area contributed by atoms with Gasteiger partial charge in [-0.15, -0.1) is 0 Å². The van der Waals surface area contributed by atoms with E-state index < -0.39 is 0 Å². The van der Waals surface area contributed by atoms with Gasteiger partial charge in [0, 0.05) is 18.6 Å². The first kappa shape index (κ1) is 16.3. The van der Waals surface area contributed by atoms with Gasteiger partial charge in [0.05, 0.1) is 17.3 Å². The van der Waals surface area contributed by atoms with E-state index in [4.69, 9.17) is 9.47 Å². The lowest BCUT2D eigenvalue weighted by atomic mass is 9.79. The van der Waals surface area contributed by atoms with Crippen LogP contribution < -0.4 is 5.32 Å². The Morgan fingerprint density at radius 3 is 2.45 bits per heavy atom. The molecule has 0 bridgehead atoms. The van der Waals surface area contributed by atoms with Gasteiger partial charge in [-0.05, 0) is 66.3 Å². The maximum atomic E-state index is 6.28. The van der Waals surface area contributed by atoms with Crippen molar-refractivity contribution in [3.05, 3.63) is 0 Å². The SMILES string of the molecule is CCNC(CC1CCCCO1)C1CC(C)(C)OC1(C)C. The second-order valence-corrected chi connectivity index (χ2v) is 7.66. The molecule has 0 saturated carbocycles. The number of ether oxygens (including phenoxy) is 2. The molecule has 2 aliphatic heterocycles. The third-order valence-electron chi connectivity index (χ3n) is 4.89. The van der Waals surface area contributed by atoms with Crippen molar-refractivity contribution in [3.8, 4) is 0 Å². The summed E-state index contributed by atoms with van der Waals surface area (Å²) >= 11 is 0. The zero-order chi connectivity index (χ0) is 14.8. The van der Waals surface area contributed by atoms with E-state index in [9.17, 15) is 0 Å². The summed E-state index contributed by atoms with van der Waals surface area (Å²) in [5.41, 5.74) is -0.0553. The zero-order valence-electron chi connectivity index (χ0n) is 14.0. The first-order chi connectivity index (χ1) is 9.34. The molecule has 0 aromatic carbocycles. The molecule has 2 aliphatic rings. The van der Waals surface area contributed by atoms with Gasteiger partial charge in [0.15, 0.2) is 0 Å². The molecule has 0 amide bonds. The van der Waals surface area contributed by atoms with Gasteiger partial charge in [0.1, 0.15) is 0 Å². The molecular formula is C17H33NO2. The molecule has 1 N–H and O–H groups in total. The Bertz CT molecular complexity index is 308. The Labute approximate surface area is 124 Å². The molecule has 3 nitrogen and oxygen atoms in total. The molecule has 2 heterocycles. The minimum atomic E-state index is -0.0506. The Balaban J connectivity index is 2.03. The molecule has 0 radical (unpaired) electrons. The molecular weight excluding hydrogens is 250 g/mol. The molecule has 3 unspecified atom stereocenters. The quantitative estimate of drug-likeness (QED) is 0.837. The van der Waals surface area contributed by atoms with E-state index in [1.165, 1.54) is 19.3 Å². The lowest BCUT2D eigenvalue weighted by molar-refractivity contribution is -0.0803. The maximum absolute atomic E-state index is 6.28. The number of hydrogen-bond acceptors (Lipinski definition) is 3. The van der Waals surface area contributed by atoms with Crippen LogP contribution in [0.2, 0.25) is 0 Å². The molecule has 118 valence electrons. The van der Waals surface area contributed by atoms with Crippen LogP contribution in [-0.2, 0) is 9.47 Å². The smallest absolute Gasteiger partial charge is 0.0677 e. The van der Waals surface area contributed by atoms with E-state index >= 15 is 0 Å². The molecule has 0 aliphatic carbocycles. The third kappa shape index (κ3) is 3.96. The third-order valence-corrected chi connectivity index (χ3v) is 4.89. The minimum absolute atomic E-state index is 0.00470. The molecule has 2 rings (SSSR count). The maximum Gasteiger partial charge on any atom is 0.0677 e. The van der Waals surface area contributed by atoms with Crippen molar-refractivity contribution in [1.29, 1.82) is 0 Å². The Hall–Kier alpha value is -0.120. The van der Waals surface area contributed by atoms with Crippen LogP contribution in [0.4, 0.5) is 0 Å². The van der Waals surface area contributed by atoms with E-state index in [0.29, 0.717) is 18.1 Å². The molecule has 0 aromatic rings.